The fourth-order valence-electron chi connectivity index (χ4n) is 3.78. The lowest BCUT2D eigenvalue weighted by Crippen LogP contribution is -1.92. The first-order valence-corrected chi connectivity index (χ1v) is 8.40. The Labute approximate surface area is 148 Å². The van der Waals surface area contributed by atoms with Crippen LogP contribution in [0, 0.1) is 10.1 Å². The SMILES string of the molecule is O=[N+]([O-])c1ccccc1-c1cccc2c1[nH]c1ccc3ccccc3c12. The number of para-hydroxylation sites is 2. The van der Waals surface area contributed by atoms with Crippen LogP contribution in [-0.4, -0.2) is 9.91 Å². The van der Waals surface area contributed by atoms with Crippen LogP contribution in [0.25, 0.3) is 43.7 Å². The normalized spacial score (nSPS) is 11.4. The number of nitrogens with one attached hydrogen (secondary N) is 1. The van der Waals surface area contributed by atoms with Crippen molar-refractivity contribution in [1.29, 1.82) is 0 Å². The molecule has 1 N–H and O–H groups in total. The highest BCUT2D eigenvalue weighted by atomic mass is 16.6. The van der Waals surface area contributed by atoms with E-state index >= 15 is 0 Å². The molecule has 0 saturated carbocycles. The van der Waals surface area contributed by atoms with Gasteiger partial charge >= 0.3 is 0 Å². The van der Waals surface area contributed by atoms with E-state index in [1.807, 2.05) is 30.3 Å². The molecule has 1 heterocycles. The molecular formula is C22H14N2O2. The molecule has 5 aromatic rings. The maximum Gasteiger partial charge on any atom is 0.277 e. The molecular weight excluding hydrogens is 324 g/mol. The van der Waals surface area contributed by atoms with Crippen LogP contribution in [-0.2, 0) is 0 Å². The molecule has 0 spiro atoms. The molecule has 1 aromatic heterocycles. The Morgan fingerprint density at radius 1 is 0.731 bits per heavy atom. The summed E-state index contributed by atoms with van der Waals surface area (Å²) in [4.78, 5) is 14.6. The number of nitrogens with zero attached hydrogens (tertiary/aromatic N) is 1. The number of rotatable bonds is 2. The molecule has 0 aliphatic rings. The zero-order valence-electron chi connectivity index (χ0n) is 13.8. The molecule has 0 atom stereocenters. The lowest BCUT2D eigenvalue weighted by molar-refractivity contribution is -0.384. The van der Waals surface area contributed by atoms with E-state index in [1.165, 1.54) is 10.8 Å². The van der Waals surface area contributed by atoms with Crippen molar-refractivity contribution in [3.8, 4) is 11.1 Å². The first kappa shape index (κ1) is 14.7. The van der Waals surface area contributed by atoms with Gasteiger partial charge in [-0.15, -0.1) is 0 Å². The van der Waals surface area contributed by atoms with Gasteiger partial charge in [0.1, 0.15) is 0 Å². The van der Waals surface area contributed by atoms with Gasteiger partial charge in [0.05, 0.1) is 16.0 Å². The van der Waals surface area contributed by atoms with E-state index in [9.17, 15) is 10.1 Å². The summed E-state index contributed by atoms with van der Waals surface area (Å²) < 4.78 is 0. The third-order valence-corrected chi connectivity index (χ3v) is 4.91. The summed E-state index contributed by atoms with van der Waals surface area (Å²) in [7, 11) is 0. The van der Waals surface area contributed by atoms with Crippen LogP contribution in [0.2, 0.25) is 0 Å². The number of hydrogen-bond donors (Lipinski definition) is 1. The summed E-state index contributed by atoms with van der Waals surface area (Å²) >= 11 is 0. The van der Waals surface area contributed by atoms with Crippen molar-refractivity contribution in [2.75, 3.05) is 0 Å². The van der Waals surface area contributed by atoms with Gasteiger partial charge in [-0.25, -0.2) is 0 Å². The Morgan fingerprint density at radius 3 is 2.35 bits per heavy atom. The van der Waals surface area contributed by atoms with Gasteiger partial charge in [0, 0.05) is 27.9 Å². The fraction of sp³-hybridized carbons (Fsp3) is 0. The van der Waals surface area contributed by atoms with E-state index in [-0.39, 0.29) is 10.6 Å². The lowest BCUT2D eigenvalue weighted by atomic mass is 9.99. The molecule has 0 aliphatic heterocycles. The zero-order valence-corrected chi connectivity index (χ0v) is 13.8. The number of benzene rings is 4. The third kappa shape index (κ3) is 2.02. The fourth-order valence-corrected chi connectivity index (χ4v) is 3.78. The van der Waals surface area contributed by atoms with E-state index in [0.717, 1.165) is 27.4 Å². The van der Waals surface area contributed by atoms with E-state index in [1.54, 1.807) is 18.2 Å². The minimum absolute atomic E-state index is 0.114. The number of fused-ring (bicyclic) bond motifs is 5. The lowest BCUT2D eigenvalue weighted by Gasteiger charge is -2.05. The van der Waals surface area contributed by atoms with E-state index < -0.39 is 0 Å². The van der Waals surface area contributed by atoms with Gasteiger partial charge in [0.25, 0.3) is 5.69 Å². The van der Waals surface area contributed by atoms with Gasteiger partial charge in [-0.3, -0.25) is 10.1 Å². The van der Waals surface area contributed by atoms with E-state index in [4.69, 9.17) is 0 Å². The van der Waals surface area contributed by atoms with E-state index in [2.05, 4.69) is 35.3 Å². The van der Waals surface area contributed by atoms with Crippen molar-refractivity contribution < 1.29 is 4.92 Å². The summed E-state index contributed by atoms with van der Waals surface area (Å²) in [6, 6.07) is 25.3. The molecule has 0 amide bonds. The summed E-state index contributed by atoms with van der Waals surface area (Å²) in [6.45, 7) is 0. The number of nitro benzene ring substituents is 1. The molecule has 4 nitrogen and oxygen atoms in total. The van der Waals surface area contributed by atoms with Gasteiger partial charge in [-0.1, -0.05) is 60.7 Å². The van der Waals surface area contributed by atoms with Crippen molar-refractivity contribution in [3.05, 3.63) is 89.0 Å². The number of nitro groups is 1. The van der Waals surface area contributed by atoms with Crippen LogP contribution in [0.3, 0.4) is 0 Å². The Balaban J connectivity index is 1.92. The molecule has 0 aliphatic carbocycles. The quantitative estimate of drug-likeness (QED) is 0.315. The number of aromatic amines is 1. The molecule has 124 valence electrons. The van der Waals surface area contributed by atoms with Gasteiger partial charge in [-0.2, -0.15) is 0 Å². The van der Waals surface area contributed by atoms with Crippen molar-refractivity contribution in [1.82, 2.24) is 4.98 Å². The Bertz CT molecular complexity index is 1320. The highest BCUT2D eigenvalue weighted by Gasteiger charge is 2.18. The monoisotopic (exact) mass is 338 g/mol. The summed E-state index contributed by atoms with van der Waals surface area (Å²) in [5.74, 6) is 0. The third-order valence-electron chi connectivity index (χ3n) is 4.91. The summed E-state index contributed by atoms with van der Waals surface area (Å²) in [5, 5.41) is 16.1. The molecule has 5 rings (SSSR count). The molecule has 26 heavy (non-hydrogen) atoms. The Morgan fingerprint density at radius 2 is 1.46 bits per heavy atom. The number of hydrogen-bond acceptors (Lipinski definition) is 2. The van der Waals surface area contributed by atoms with Gasteiger partial charge in [-0.05, 0) is 22.9 Å². The van der Waals surface area contributed by atoms with Crippen LogP contribution in [0.1, 0.15) is 0 Å². The molecule has 4 heteroatoms. The number of aromatic nitrogens is 1. The van der Waals surface area contributed by atoms with Crippen molar-refractivity contribution in [3.63, 3.8) is 0 Å². The first-order chi connectivity index (χ1) is 12.7. The topological polar surface area (TPSA) is 58.9 Å². The molecule has 0 fully saturated rings. The predicted octanol–water partition coefficient (Wildman–Crippen LogP) is 6.05. The van der Waals surface area contributed by atoms with Crippen LogP contribution in [0.5, 0.6) is 0 Å². The van der Waals surface area contributed by atoms with Crippen LogP contribution < -0.4 is 0 Å². The second kappa shape index (κ2) is 5.43. The molecule has 4 aromatic carbocycles. The van der Waals surface area contributed by atoms with Crippen LogP contribution >= 0.6 is 0 Å². The Hall–Kier alpha value is -3.66. The Kier molecular flexibility index (Phi) is 3.06. The van der Waals surface area contributed by atoms with Gasteiger partial charge in [0.2, 0.25) is 0 Å². The minimum atomic E-state index is -0.327. The largest absolute Gasteiger partial charge is 0.354 e. The maximum atomic E-state index is 11.5. The van der Waals surface area contributed by atoms with Crippen LogP contribution in [0.15, 0.2) is 78.9 Å². The second-order valence-corrected chi connectivity index (χ2v) is 6.34. The van der Waals surface area contributed by atoms with Gasteiger partial charge in [0.15, 0.2) is 0 Å². The predicted molar refractivity (Wildman–Crippen MR) is 105 cm³/mol. The van der Waals surface area contributed by atoms with E-state index in [0.29, 0.717) is 5.56 Å². The van der Waals surface area contributed by atoms with Crippen molar-refractivity contribution >= 4 is 38.3 Å². The summed E-state index contributed by atoms with van der Waals surface area (Å²) in [6.07, 6.45) is 0. The molecule has 0 bridgehead atoms. The van der Waals surface area contributed by atoms with Gasteiger partial charge < -0.3 is 4.98 Å². The van der Waals surface area contributed by atoms with Crippen LogP contribution in [0.4, 0.5) is 5.69 Å². The van der Waals surface area contributed by atoms with Crippen molar-refractivity contribution in [2.24, 2.45) is 0 Å². The average Bonchev–Trinajstić information content (AvgIpc) is 3.07. The highest BCUT2D eigenvalue weighted by molar-refractivity contribution is 6.22. The molecule has 0 unspecified atom stereocenters. The second-order valence-electron chi connectivity index (χ2n) is 6.34. The smallest absolute Gasteiger partial charge is 0.277 e. The minimum Gasteiger partial charge on any atom is -0.354 e. The molecule has 0 saturated heterocycles. The number of H-pyrrole nitrogens is 1. The maximum absolute atomic E-state index is 11.5. The summed E-state index contributed by atoms with van der Waals surface area (Å²) in [5.41, 5.74) is 3.54. The van der Waals surface area contributed by atoms with Crippen molar-refractivity contribution in [2.45, 2.75) is 0 Å². The molecule has 0 radical (unpaired) electrons. The zero-order chi connectivity index (χ0) is 17.7. The highest BCUT2D eigenvalue weighted by Crippen LogP contribution is 2.39. The standard InChI is InChI=1S/C22H14N2O2/c25-24(26)20-11-4-3-8-16(20)17-9-5-10-18-21-15-7-2-1-6-14(15)12-13-19(21)23-22(17)18/h1-13,23H. The first-order valence-electron chi connectivity index (χ1n) is 8.40. The average molecular weight is 338 g/mol.